The minimum absolute atomic E-state index is 0.0198. The summed E-state index contributed by atoms with van der Waals surface area (Å²) in [5.74, 6) is -0.340. The van der Waals surface area contributed by atoms with Gasteiger partial charge in [-0.1, -0.05) is 18.2 Å². The van der Waals surface area contributed by atoms with E-state index in [0.29, 0.717) is 24.5 Å². The van der Waals surface area contributed by atoms with Crippen LogP contribution in [0.3, 0.4) is 0 Å². The molecule has 2 aromatic rings. The number of anilines is 2. The number of rotatable bonds is 6. The number of amides is 1. The predicted molar refractivity (Wildman–Crippen MR) is 100 cm³/mol. The molecule has 1 aliphatic rings. The maximum atomic E-state index is 12.4. The molecule has 0 spiro atoms. The van der Waals surface area contributed by atoms with E-state index < -0.39 is 6.61 Å². The highest BCUT2D eigenvalue weighted by Crippen LogP contribution is 2.22. The maximum absolute atomic E-state index is 12.4. The van der Waals surface area contributed by atoms with E-state index >= 15 is 0 Å². The molecule has 1 heterocycles. The highest BCUT2D eigenvalue weighted by atomic mass is 19.3. The fraction of sp³-hybridized carbons (Fsp3) is 0.250. The quantitative estimate of drug-likeness (QED) is 0.782. The number of ether oxygens (including phenoxy) is 2. The molecule has 0 unspecified atom stereocenters. The summed E-state index contributed by atoms with van der Waals surface area (Å²) in [4.78, 5) is 14.3. The lowest BCUT2D eigenvalue weighted by Gasteiger charge is -2.28. The Morgan fingerprint density at radius 2 is 1.81 bits per heavy atom. The molecule has 0 bridgehead atoms. The van der Waals surface area contributed by atoms with Gasteiger partial charge in [0.25, 0.3) is 0 Å². The number of alkyl halides is 2. The lowest BCUT2D eigenvalue weighted by Crippen LogP contribution is -2.36. The van der Waals surface area contributed by atoms with Crippen LogP contribution in [0.25, 0.3) is 6.08 Å². The molecule has 0 aliphatic carbocycles. The highest BCUT2D eigenvalue weighted by molar-refractivity contribution is 6.02. The Bertz CT molecular complexity index is 788. The zero-order valence-electron chi connectivity index (χ0n) is 14.6. The Hall–Kier alpha value is -2.93. The van der Waals surface area contributed by atoms with Gasteiger partial charge in [0.05, 0.1) is 13.2 Å². The molecule has 142 valence electrons. The number of hydrogen-bond acceptors (Lipinski definition) is 4. The third kappa shape index (κ3) is 5.52. The lowest BCUT2D eigenvalue weighted by molar-refractivity contribution is -0.111. The molecule has 5 nitrogen and oxygen atoms in total. The Morgan fingerprint density at radius 3 is 2.52 bits per heavy atom. The normalized spacial score (nSPS) is 14.6. The fourth-order valence-electron chi connectivity index (χ4n) is 2.75. The number of morpholine rings is 1. The second-order valence-electron chi connectivity index (χ2n) is 5.89. The smallest absolute Gasteiger partial charge is 0.387 e. The van der Waals surface area contributed by atoms with Crippen molar-refractivity contribution in [1.29, 1.82) is 0 Å². The maximum Gasteiger partial charge on any atom is 0.387 e. The topological polar surface area (TPSA) is 50.8 Å². The van der Waals surface area contributed by atoms with Crippen LogP contribution in [0.4, 0.5) is 20.2 Å². The van der Waals surface area contributed by atoms with Gasteiger partial charge in [-0.05, 0) is 36.4 Å². The molecular weight excluding hydrogens is 354 g/mol. The van der Waals surface area contributed by atoms with Crippen LogP contribution in [0, 0.1) is 0 Å². The third-order valence-corrected chi connectivity index (χ3v) is 4.06. The van der Waals surface area contributed by atoms with Gasteiger partial charge in [0.15, 0.2) is 0 Å². The molecule has 0 radical (unpaired) electrons. The van der Waals surface area contributed by atoms with E-state index in [1.165, 1.54) is 18.2 Å². The van der Waals surface area contributed by atoms with Crippen LogP contribution in [0.1, 0.15) is 5.56 Å². The minimum atomic E-state index is -2.92. The zero-order valence-corrected chi connectivity index (χ0v) is 14.6. The molecule has 3 rings (SSSR count). The van der Waals surface area contributed by atoms with Gasteiger partial charge in [-0.25, -0.2) is 0 Å². The molecule has 0 aromatic heterocycles. The van der Waals surface area contributed by atoms with Gasteiger partial charge in [-0.15, -0.1) is 0 Å². The van der Waals surface area contributed by atoms with Gasteiger partial charge >= 0.3 is 6.61 Å². The molecule has 1 saturated heterocycles. The first-order chi connectivity index (χ1) is 13.1. The summed E-state index contributed by atoms with van der Waals surface area (Å²) in [6.45, 7) is 0.182. The fourth-order valence-corrected chi connectivity index (χ4v) is 2.75. The van der Waals surface area contributed by atoms with Crippen molar-refractivity contribution >= 4 is 23.4 Å². The molecule has 7 heteroatoms. The first-order valence-corrected chi connectivity index (χ1v) is 8.57. The van der Waals surface area contributed by atoms with Crippen molar-refractivity contribution in [2.45, 2.75) is 6.61 Å². The van der Waals surface area contributed by atoms with Gasteiger partial charge in [-0.2, -0.15) is 8.78 Å². The SMILES string of the molecule is O=C(C=Cc1ccccc1OC(F)F)Nc1ccc(N2CCOCC2)cc1. The molecule has 0 saturated carbocycles. The molecule has 1 fully saturated rings. The largest absolute Gasteiger partial charge is 0.434 e. The van der Waals surface area contributed by atoms with Gasteiger partial charge in [0.2, 0.25) is 5.91 Å². The van der Waals surface area contributed by atoms with Crippen molar-refractivity contribution in [3.63, 3.8) is 0 Å². The summed E-state index contributed by atoms with van der Waals surface area (Å²) < 4.78 is 34.6. The molecular formula is C20H20F2N2O3. The van der Waals surface area contributed by atoms with Gasteiger partial charge < -0.3 is 19.7 Å². The Kier molecular flexibility index (Phi) is 6.38. The number of hydrogen-bond donors (Lipinski definition) is 1. The standard InChI is InChI=1S/C20H20F2N2O3/c21-20(22)27-18-4-2-1-3-15(18)5-10-19(25)23-16-6-8-17(9-7-16)24-11-13-26-14-12-24/h1-10,20H,11-14H2,(H,23,25). The molecule has 1 aliphatic heterocycles. The molecule has 1 N–H and O–H groups in total. The monoisotopic (exact) mass is 374 g/mol. The molecule has 0 atom stereocenters. The summed E-state index contributed by atoms with van der Waals surface area (Å²) in [6, 6.07) is 13.8. The van der Waals surface area contributed by atoms with Gasteiger partial charge in [-0.3, -0.25) is 4.79 Å². The first-order valence-electron chi connectivity index (χ1n) is 8.57. The highest BCUT2D eigenvalue weighted by Gasteiger charge is 2.11. The average Bonchev–Trinajstić information content (AvgIpc) is 2.68. The summed E-state index contributed by atoms with van der Waals surface area (Å²) >= 11 is 0. The van der Waals surface area contributed by atoms with Crippen molar-refractivity contribution in [1.82, 2.24) is 0 Å². The van der Waals surface area contributed by atoms with E-state index in [9.17, 15) is 13.6 Å². The number of halogens is 2. The van der Waals surface area contributed by atoms with Gasteiger partial charge in [0.1, 0.15) is 5.75 Å². The van der Waals surface area contributed by atoms with Crippen molar-refractivity contribution in [3.8, 4) is 5.75 Å². The Morgan fingerprint density at radius 1 is 1.11 bits per heavy atom. The van der Waals surface area contributed by atoms with Gasteiger partial charge in [0, 0.05) is 36.1 Å². The zero-order chi connectivity index (χ0) is 19.1. The van der Waals surface area contributed by atoms with Crippen LogP contribution in [-0.2, 0) is 9.53 Å². The van der Waals surface area contributed by atoms with E-state index in [1.807, 2.05) is 24.3 Å². The van der Waals surface area contributed by atoms with Crippen LogP contribution in [-0.4, -0.2) is 38.8 Å². The van der Waals surface area contributed by atoms with Crippen LogP contribution in [0.2, 0.25) is 0 Å². The van der Waals surface area contributed by atoms with E-state index in [-0.39, 0.29) is 11.7 Å². The van der Waals surface area contributed by atoms with Crippen molar-refractivity contribution in [3.05, 3.63) is 60.2 Å². The predicted octanol–water partition coefficient (Wildman–Crippen LogP) is 3.78. The number of carbonyl (C=O) groups is 1. The third-order valence-electron chi connectivity index (χ3n) is 4.06. The summed E-state index contributed by atoms with van der Waals surface area (Å²) in [5.41, 5.74) is 2.12. The molecule has 2 aromatic carbocycles. The Labute approximate surface area is 156 Å². The van der Waals surface area contributed by atoms with Crippen LogP contribution >= 0.6 is 0 Å². The number of nitrogens with zero attached hydrogens (tertiary/aromatic N) is 1. The first kappa shape index (κ1) is 18.8. The van der Waals surface area contributed by atoms with Crippen LogP contribution in [0.15, 0.2) is 54.6 Å². The van der Waals surface area contributed by atoms with Crippen LogP contribution < -0.4 is 15.0 Å². The van der Waals surface area contributed by atoms with E-state index in [4.69, 9.17) is 4.74 Å². The summed E-state index contributed by atoms with van der Waals surface area (Å²) in [6.07, 6.45) is 2.72. The van der Waals surface area contributed by atoms with Crippen molar-refractivity contribution in [2.75, 3.05) is 36.5 Å². The van der Waals surface area contributed by atoms with E-state index in [2.05, 4.69) is 15.0 Å². The van der Waals surface area contributed by atoms with E-state index in [1.54, 1.807) is 18.2 Å². The summed E-state index contributed by atoms with van der Waals surface area (Å²) in [5, 5.41) is 2.74. The molecule has 27 heavy (non-hydrogen) atoms. The van der Waals surface area contributed by atoms with Crippen molar-refractivity contribution < 1.29 is 23.0 Å². The second-order valence-corrected chi connectivity index (χ2v) is 5.89. The second kappa shape index (κ2) is 9.14. The average molecular weight is 374 g/mol. The number of benzene rings is 2. The van der Waals surface area contributed by atoms with Crippen LogP contribution in [0.5, 0.6) is 5.75 Å². The number of para-hydroxylation sites is 1. The van der Waals surface area contributed by atoms with Crippen molar-refractivity contribution in [2.24, 2.45) is 0 Å². The minimum Gasteiger partial charge on any atom is -0.434 e. The van der Waals surface area contributed by atoms with E-state index in [0.717, 1.165) is 18.8 Å². The number of carbonyl (C=O) groups excluding carboxylic acids is 1. The summed E-state index contributed by atoms with van der Waals surface area (Å²) in [7, 11) is 0. The number of nitrogens with one attached hydrogen (secondary N) is 1. The lowest BCUT2D eigenvalue weighted by atomic mass is 10.2. The molecule has 1 amide bonds. The Balaban J connectivity index is 1.60.